The van der Waals surface area contributed by atoms with Gasteiger partial charge >= 0.3 is 0 Å². The molecule has 0 saturated carbocycles. The van der Waals surface area contributed by atoms with Crippen LogP contribution in [-0.4, -0.2) is 13.0 Å². The van der Waals surface area contributed by atoms with Gasteiger partial charge in [0.05, 0.1) is 18.4 Å². The van der Waals surface area contributed by atoms with Crippen LogP contribution in [0.15, 0.2) is 40.9 Å². The van der Waals surface area contributed by atoms with E-state index in [1.165, 1.54) is 25.3 Å². The van der Waals surface area contributed by atoms with Gasteiger partial charge in [-0.2, -0.15) is 5.26 Å². The predicted molar refractivity (Wildman–Crippen MR) is 79.8 cm³/mol. The molecule has 1 amide bonds. The van der Waals surface area contributed by atoms with Crippen LogP contribution in [0, 0.1) is 17.1 Å². The van der Waals surface area contributed by atoms with Crippen molar-refractivity contribution in [3.63, 3.8) is 0 Å². The first-order chi connectivity index (χ1) is 10.1. The van der Waals surface area contributed by atoms with Crippen molar-refractivity contribution < 1.29 is 13.9 Å². The van der Waals surface area contributed by atoms with E-state index in [4.69, 9.17) is 10.00 Å². The van der Waals surface area contributed by atoms with Crippen molar-refractivity contribution in [3.8, 4) is 11.8 Å². The summed E-state index contributed by atoms with van der Waals surface area (Å²) in [4.78, 5) is 12.2. The van der Waals surface area contributed by atoms with Gasteiger partial charge in [0.2, 0.25) is 0 Å². The number of nitriles is 1. The van der Waals surface area contributed by atoms with Gasteiger partial charge in [0.25, 0.3) is 5.91 Å². The van der Waals surface area contributed by atoms with Crippen LogP contribution < -0.4 is 10.1 Å². The van der Waals surface area contributed by atoms with Gasteiger partial charge in [-0.15, -0.1) is 0 Å². The SMILES string of the molecule is COc1cccc(F)c1C(=O)Nc1ccc(Br)cc1C#N. The van der Waals surface area contributed by atoms with Gasteiger partial charge in [-0.3, -0.25) is 4.79 Å². The summed E-state index contributed by atoms with van der Waals surface area (Å²) in [5, 5.41) is 11.6. The highest BCUT2D eigenvalue weighted by molar-refractivity contribution is 9.10. The maximum Gasteiger partial charge on any atom is 0.262 e. The summed E-state index contributed by atoms with van der Waals surface area (Å²) >= 11 is 3.24. The maximum absolute atomic E-state index is 13.8. The smallest absolute Gasteiger partial charge is 0.262 e. The van der Waals surface area contributed by atoms with Crippen LogP contribution >= 0.6 is 15.9 Å². The van der Waals surface area contributed by atoms with Crippen molar-refractivity contribution in [2.75, 3.05) is 12.4 Å². The third-order valence-electron chi connectivity index (χ3n) is 2.77. The van der Waals surface area contributed by atoms with E-state index in [0.29, 0.717) is 10.2 Å². The summed E-state index contributed by atoms with van der Waals surface area (Å²) in [6.07, 6.45) is 0. The molecule has 2 rings (SSSR count). The molecule has 0 fully saturated rings. The van der Waals surface area contributed by atoms with E-state index in [0.717, 1.165) is 0 Å². The number of hydrogen-bond donors (Lipinski definition) is 1. The number of ether oxygens (including phenoxy) is 1. The van der Waals surface area contributed by atoms with Crippen molar-refractivity contribution in [3.05, 3.63) is 57.8 Å². The molecule has 106 valence electrons. The molecule has 6 heteroatoms. The van der Waals surface area contributed by atoms with Gasteiger partial charge in [-0.05, 0) is 30.3 Å². The second-order valence-corrected chi connectivity index (χ2v) is 4.99. The van der Waals surface area contributed by atoms with E-state index in [2.05, 4.69) is 21.2 Å². The second kappa shape index (κ2) is 6.37. The highest BCUT2D eigenvalue weighted by Crippen LogP contribution is 2.25. The van der Waals surface area contributed by atoms with E-state index in [1.54, 1.807) is 18.2 Å². The molecule has 0 aliphatic rings. The second-order valence-electron chi connectivity index (χ2n) is 4.07. The number of methoxy groups -OCH3 is 1. The van der Waals surface area contributed by atoms with E-state index in [-0.39, 0.29) is 16.9 Å². The third-order valence-corrected chi connectivity index (χ3v) is 3.27. The topological polar surface area (TPSA) is 62.1 Å². The van der Waals surface area contributed by atoms with E-state index < -0.39 is 11.7 Å². The first-order valence-electron chi connectivity index (χ1n) is 5.90. The van der Waals surface area contributed by atoms with Crippen LogP contribution in [0.4, 0.5) is 10.1 Å². The quantitative estimate of drug-likeness (QED) is 0.919. The van der Waals surface area contributed by atoms with Gasteiger partial charge < -0.3 is 10.1 Å². The van der Waals surface area contributed by atoms with Crippen LogP contribution in [0.3, 0.4) is 0 Å². The number of amides is 1. The van der Waals surface area contributed by atoms with Crippen molar-refractivity contribution in [2.45, 2.75) is 0 Å². The Balaban J connectivity index is 2.38. The average molecular weight is 349 g/mol. The summed E-state index contributed by atoms with van der Waals surface area (Å²) in [6, 6.07) is 10.9. The first kappa shape index (κ1) is 15.0. The van der Waals surface area contributed by atoms with Crippen LogP contribution in [0.25, 0.3) is 0 Å². The molecule has 2 aromatic carbocycles. The molecular weight excluding hydrogens is 339 g/mol. The minimum atomic E-state index is -0.692. The lowest BCUT2D eigenvalue weighted by Crippen LogP contribution is -2.16. The monoisotopic (exact) mass is 348 g/mol. The number of benzene rings is 2. The molecule has 0 saturated heterocycles. The largest absolute Gasteiger partial charge is 0.496 e. The van der Waals surface area contributed by atoms with Gasteiger partial charge in [-0.25, -0.2) is 4.39 Å². The molecule has 0 aliphatic heterocycles. The van der Waals surface area contributed by atoms with Crippen LogP contribution in [-0.2, 0) is 0 Å². The minimum Gasteiger partial charge on any atom is -0.496 e. The third kappa shape index (κ3) is 3.20. The summed E-state index contributed by atoms with van der Waals surface area (Å²) < 4.78 is 19.5. The van der Waals surface area contributed by atoms with Gasteiger partial charge in [0.1, 0.15) is 23.2 Å². The molecule has 0 spiro atoms. The molecule has 21 heavy (non-hydrogen) atoms. The van der Waals surface area contributed by atoms with Gasteiger partial charge in [0, 0.05) is 4.47 Å². The number of nitrogens with one attached hydrogen (secondary N) is 1. The van der Waals surface area contributed by atoms with Crippen molar-refractivity contribution in [2.24, 2.45) is 0 Å². The van der Waals surface area contributed by atoms with Gasteiger partial charge in [0.15, 0.2) is 0 Å². The molecule has 2 aromatic rings. The number of hydrogen-bond acceptors (Lipinski definition) is 3. The van der Waals surface area contributed by atoms with Crippen molar-refractivity contribution in [1.29, 1.82) is 5.26 Å². The molecule has 0 heterocycles. The highest BCUT2D eigenvalue weighted by atomic mass is 79.9. The van der Waals surface area contributed by atoms with E-state index in [1.807, 2.05) is 6.07 Å². The predicted octanol–water partition coefficient (Wildman–Crippen LogP) is 3.72. The molecule has 0 unspecified atom stereocenters. The lowest BCUT2D eigenvalue weighted by Gasteiger charge is -2.11. The fourth-order valence-corrected chi connectivity index (χ4v) is 2.16. The van der Waals surface area contributed by atoms with Gasteiger partial charge in [-0.1, -0.05) is 22.0 Å². The summed E-state index contributed by atoms with van der Waals surface area (Å²) in [7, 11) is 1.35. The minimum absolute atomic E-state index is 0.128. The Hall–Kier alpha value is -2.39. The van der Waals surface area contributed by atoms with Crippen LogP contribution in [0.2, 0.25) is 0 Å². The van der Waals surface area contributed by atoms with E-state index in [9.17, 15) is 9.18 Å². The average Bonchev–Trinajstić information content (AvgIpc) is 2.48. The van der Waals surface area contributed by atoms with Crippen molar-refractivity contribution in [1.82, 2.24) is 0 Å². The summed E-state index contributed by atoms with van der Waals surface area (Å²) in [6.45, 7) is 0. The fraction of sp³-hybridized carbons (Fsp3) is 0.0667. The lowest BCUT2D eigenvalue weighted by molar-refractivity contribution is 0.102. The number of anilines is 1. The van der Waals surface area contributed by atoms with Crippen molar-refractivity contribution >= 4 is 27.5 Å². The molecular formula is C15H10BrFN2O2. The Bertz CT molecular complexity index is 741. The lowest BCUT2D eigenvalue weighted by atomic mass is 10.1. The normalized spacial score (nSPS) is 9.81. The Labute approximate surface area is 129 Å². The molecule has 0 radical (unpaired) electrons. The highest BCUT2D eigenvalue weighted by Gasteiger charge is 2.18. The Morgan fingerprint density at radius 2 is 2.14 bits per heavy atom. The molecule has 0 aliphatic carbocycles. The number of halogens is 2. The summed E-state index contributed by atoms with van der Waals surface area (Å²) in [5.41, 5.74) is 0.371. The number of nitrogens with zero attached hydrogens (tertiary/aromatic N) is 1. The zero-order chi connectivity index (χ0) is 15.4. The maximum atomic E-state index is 13.8. The Morgan fingerprint density at radius 3 is 2.81 bits per heavy atom. The number of carbonyl (C=O) groups is 1. The number of rotatable bonds is 3. The molecule has 0 atom stereocenters. The Kier molecular flexibility index (Phi) is 4.55. The Morgan fingerprint density at radius 1 is 1.38 bits per heavy atom. The summed E-state index contributed by atoms with van der Waals surface area (Å²) in [5.74, 6) is -1.24. The molecule has 0 bridgehead atoms. The zero-order valence-electron chi connectivity index (χ0n) is 11.0. The molecule has 0 aromatic heterocycles. The fourth-order valence-electron chi connectivity index (χ4n) is 1.80. The first-order valence-corrected chi connectivity index (χ1v) is 6.69. The number of carbonyl (C=O) groups excluding carboxylic acids is 1. The molecule has 1 N–H and O–H groups in total. The van der Waals surface area contributed by atoms with Crippen LogP contribution in [0.5, 0.6) is 5.75 Å². The standard InChI is InChI=1S/C15H10BrFN2O2/c1-21-13-4-2-3-11(17)14(13)15(20)19-12-6-5-10(16)7-9(12)8-18/h2-7H,1H3,(H,19,20). The van der Waals surface area contributed by atoms with Crippen LogP contribution in [0.1, 0.15) is 15.9 Å². The molecule has 4 nitrogen and oxygen atoms in total. The zero-order valence-corrected chi connectivity index (χ0v) is 12.6. The van der Waals surface area contributed by atoms with E-state index >= 15 is 0 Å².